The molecule has 3 heteroatoms. The third-order valence-electron chi connectivity index (χ3n) is 1.70. The first kappa shape index (κ1) is 11.5. The van der Waals surface area contributed by atoms with Crippen molar-refractivity contribution in [2.24, 2.45) is 0 Å². The zero-order chi connectivity index (χ0) is 11.1. The maximum absolute atomic E-state index is 10.9. The molecule has 1 aromatic rings. The van der Waals surface area contributed by atoms with E-state index in [1.165, 1.54) is 0 Å². The van der Waals surface area contributed by atoms with Gasteiger partial charge in [0, 0.05) is 5.02 Å². The van der Waals surface area contributed by atoms with Crippen LogP contribution in [-0.4, -0.2) is 5.97 Å². The quantitative estimate of drug-likeness (QED) is 0.576. The van der Waals surface area contributed by atoms with Crippen LogP contribution < -0.4 is 0 Å². The van der Waals surface area contributed by atoms with Crippen molar-refractivity contribution in [3.63, 3.8) is 0 Å². The van der Waals surface area contributed by atoms with E-state index in [1.54, 1.807) is 18.2 Å². The van der Waals surface area contributed by atoms with E-state index in [-0.39, 0.29) is 12.4 Å². The minimum Gasteiger partial charge on any atom is -0.435 e. The van der Waals surface area contributed by atoms with Gasteiger partial charge < -0.3 is 4.74 Å². The molecule has 0 fully saturated rings. The van der Waals surface area contributed by atoms with Crippen LogP contribution in [0.2, 0.25) is 5.02 Å². The van der Waals surface area contributed by atoms with E-state index >= 15 is 0 Å². The van der Waals surface area contributed by atoms with Crippen molar-refractivity contribution in [1.29, 1.82) is 0 Å². The summed E-state index contributed by atoms with van der Waals surface area (Å²) >= 11 is 5.92. The van der Waals surface area contributed by atoms with Crippen molar-refractivity contribution in [2.75, 3.05) is 0 Å². The first-order valence-electron chi connectivity index (χ1n) is 4.45. The van der Waals surface area contributed by atoms with Crippen molar-refractivity contribution in [1.82, 2.24) is 0 Å². The summed E-state index contributed by atoms with van der Waals surface area (Å²) in [6.45, 7) is 3.29. The SMILES string of the molecule is C=COC(=O)CC=Cc1ccccc1Cl. The molecule has 0 aliphatic heterocycles. The predicted octanol–water partition coefficient (Wildman–Crippen LogP) is 3.43. The Morgan fingerprint density at radius 2 is 2.20 bits per heavy atom. The van der Waals surface area contributed by atoms with Gasteiger partial charge in [-0.1, -0.05) is 48.5 Å². The minimum absolute atomic E-state index is 0.206. The fourth-order valence-electron chi connectivity index (χ4n) is 1.03. The summed E-state index contributed by atoms with van der Waals surface area (Å²) < 4.78 is 4.55. The lowest BCUT2D eigenvalue weighted by molar-refractivity contribution is -0.136. The van der Waals surface area contributed by atoms with Crippen LogP contribution >= 0.6 is 11.6 Å². The number of carbonyl (C=O) groups is 1. The van der Waals surface area contributed by atoms with Crippen LogP contribution in [0.1, 0.15) is 12.0 Å². The zero-order valence-electron chi connectivity index (χ0n) is 8.15. The van der Waals surface area contributed by atoms with Gasteiger partial charge in [-0.25, -0.2) is 0 Å². The second-order valence-corrected chi connectivity index (χ2v) is 3.19. The molecule has 0 atom stereocenters. The molecule has 0 N–H and O–H groups in total. The number of esters is 1. The van der Waals surface area contributed by atoms with E-state index in [1.807, 2.05) is 18.2 Å². The molecule has 0 aliphatic carbocycles. The van der Waals surface area contributed by atoms with Crippen LogP contribution in [0.4, 0.5) is 0 Å². The first-order chi connectivity index (χ1) is 7.24. The highest BCUT2D eigenvalue weighted by atomic mass is 35.5. The first-order valence-corrected chi connectivity index (χ1v) is 4.83. The predicted molar refractivity (Wildman–Crippen MR) is 61.4 cm³/mol. The van der Waals surface area contributed by atoms with Crippen molar-refractivity contribution < 1.29 is 9.53 Å². The van der Waals surface area contributed by atoms with Gasteiger partial charge in [0.05, 0.1) is 12.7 Å². The molecule has 0 unspecified atom stereocenters. The van der Waals surface area contributed by atoms with Crippen LogP contribution in [0.3, 0.4) is 0 Å². The lowest BCUT2D eigenvalue weighted by atomic mass is 10.2. The molecule has 0 radical (unpaired) electrons. The maximum atomic E-state index is 10.9. The summed E-state index contributed by atoms with van der Waals surface area (Å²) in [6, 6.07) is 7.40. The highest BCUT2D eigenvalue weighted by Gasteiger charge is 1.97. The zero-order valence-corrected chi connectivity index (χ0v) is 8.91. The number of carbonyl (C=O) groups excluding carboxylic acids is 1. The van der Waals surface area contributed by atoms with Crippen LogP contribution in [0.5, 0.6) is 0 Å². The summed E-state index contributed by atoms with van der Waals surface area (Å²) in [7, 11) is 0. The number of rotatable bonds is 4. The Balaban J connectivity index is 2.55. The Morgan fingerprint density at radius 3 is 2.87 bits per heavy atom. The molecule has 15 heavy (non-hydrogen) atoms. The van der Waals surface area contributed by atoms with Gasteiger partial charge >= 0.3 is 5.97 Å². The van der Waals surface area contributed by atoms with E-state index < -0.39 is 0 Å². The molecule has 2 nitrogen and oxygen atoms in total. The average molecular weight is 223 g/mol. The molecular formula is C12H11ClO2. The van der Waals surface area contributed by atoms with Gasteiger partial charge in [0.2, 0.25) is 0 Å². The number of hydrogen-bond acceptors (Lipinski definition) is 2. The summed E-state index contributed by atoms with van der Waals surface area (Å²) in [6.07, 6.45) is 4.81. The fourth-order valence-corrected chi connectivity index (χ4v) is 1.23. The molecule has 0 saturated heterocycles. The van der Waals surface area contributed by atoms with E-state index in [9.17, 15) is 4.79 Å². The van der Waals surface area contributed by atoms with Crippen molar-refractivity contribution in [3.8, 4) is 0 Å². The highest BCUT2D eigenvalue weighted by Crippen LogP contribution is 2.16. The molecular weight excluding hydrogens is 212 g/mol. The Kier molecular flexibility index (Phi) is 4.64. The summed E-state index contributed by atoms with van der Waals surface area (Å²) in [5.74, 6) is -0.340. The van der Waals surface area contributed by atoms with Gasteiger partial charge in [0.15, 0.2) is 0 Å². The van der Waals surface area contributed by atoms with E-state index in [0.29, 0.717) is 5.02 Å². The Hall–Kier alpha value is -1.54. The largest absolute Gasteiger partial charge is 0.435 e. The van der Waals surface area contributed by atoms with Crippen molar-refractivity contribution >= 4 is 23.6 Å². The van der Waals surface area contributed by atoms with E-state index in [4.69, 9.17) is 11.6 Å². The normalized spacial score (nSPS) is 10.2. The molecule has 0 amide bonds. The molecule has 78 valence electrons. The third kappa shape index (κ3) is 4.00. The molecule has 0 spiro atoms. The lowest BCUT2D eigenvalue weighted by Gasteiger charge is -1.96. The van der Waals surface area contributed by atoms with Crippen LogP contribution in [-0.2, 0) is 9.53 Å². The number of ether oxygens (including phenoxy) is 1. The smallest absolute Gasteiger partial charge is 0.314 e. The molecule has 0 bridgehead atoms. The van der Waals surface area contributed by atoms with Crippen LogP contribution in [0.25, 0.3) is 6.08 Å². The molecule has 0 saturated carbocycles. The van der Waals surface area contributed by atoms with Gasteiger partial charge in [-0.3, -0.25) is 4.79 Å². The highest BCUT2D eigenvalue weighted by molar-refractivity contribution is 6.32. The van der Waals surface area contributed by atoms with Gasteiger partial charge in [-0.05, 0) is 11.6 Å². The molecule has 0 heterocycles. The standard InChI is InChI=1S/C12H11ClO2/c1-2-15-12(14)9-5-7-10-6-3-4-8-11(10)13/h2-8H,1,9H2. The molecule has 1 aromatic carbocycles. The maximum Gasteiger partial charge on any atom is 0.314 e. The Bertz CT molecular complexity index is 383. The van der Waals surface area contributed by atoms with E-state index in [2.05, 4.69) is 11.3 Å². The number of hydrogen-bond donors (Lipinski definition) is 0. The number of halogens is 1. The molecule has 0 aromatic heterocycles. The summed E-state index contributed by atoms with van der Waals surface area (Å²) in [4.78, 5) is 10.9. The van der Waals surface area contributed by atoms with Gasteiger partial charge in [-0.15, -0.1) is 0 Å². The van der Waals surface area contributed by atoms with Gasteiger partial charge in [0.25, 0.3) is 0 Å². The van der Waals surface area contributed by atoms with Crippen LogP contribution in [0.15, 0.2) is 43.2 Å². The third-order valence-corrected chi connectivity index (χ3v) is 2.05. The summed E-state index contributed by atoms with van der Waals surface area (Å²) in [5, 5.41) is 0.658. The topological polar surface area (TPSA) is 26.3 Å². The lowest BCUT2D eigenvalue weighted by Crippen LogP contribution is -1.95. The second kappa shape index (κ2) is 6.04. The van der Waals surface area contributed by atoms with E-state index in [0.717, 1.165) is 11.8 Å². The monoisotopic (exact) mass is 222 g/mol. The average Bonchev–Trinajstić information content (AvgIpc) is 2.21. The van der Waals surface area contributed by atoms with Crippen molar-refractivity contribution in [3.05, 3.63) is 53.8 Å². The Morgan fingerprint density at radius 1 is 1.47 bits per heavy atom. The fraction of sp³-hybridized carbons (Fsp3) is 0.0833. The Labute approximate surface area is 93.8 Å². The minimum atomic E-state index is -0.340. The van der Waals surface area contributed by atoms with Crippen LogP contribution in [0, 0.1) is 0 Å². The number of benzene rings is 1. The molecule has 1 rings (SSSR count). The van der Waals surface area contributed by atoms with Gasteiger partial charge in [-0.2, -0.15) is 0 Å². The molecule has 0 aliphatic rings. The van der Waals surface area contributed by atoms with Crippen molar-refractivity contribution in [2.45, 2.75) is 6.42 Å². The second-order valence-electron chi connectivity index (χ2n) is 2.78. The van der Waals surface area contributed by atoms with Gasteiger partial charge in [0.1, 0.15) is 0 Å². The summed E-state index contributed by atoms with van der Waals surface area (Å²) in [5.41, 5.74) is 0.880.